The molecule has 1 unspecified atom stereocenters. The van der Waals surface area contributed by atoms with E-state index in [2.05, 4.69) is 33.0 Å². The smallest absolute Gasteiger partial charge is 0.162 e. The summed E-state index contributed by atoms with van der Waals surface area (Å²) in [6.45, 7) is 10.3. The van der Waals surface area contributed by atoms with Crippen LogP contribution < -0.4 is 5.32 Å². The number of nitrogens with zero attached hydrogens (tertiary/aromatic N) is 2. The molecule has 2 rings (SSSR count). The third kappa shape index (κ3) is 3.11. The topological polar surface area (TPSA) is 47.0 Å². The van der Waals surface area contributed by atoms with E-state index < -0.39 is 0 Å². The number of nitrogens with one attached hydrogen (secondary N) is 1. The Balaban J connectivity index is 2.36. The molecule has 0 amide bonds. The molecular formula is C16H27N3O. The minimum absolute atomic E-state index is 0.322. The maximum Gasteiger partial charge on any atom is 0.162 e. The standard InChI is InChI=1S/C16H27N3O/c1-5-10-17-14-13(6-2)12(3)18-15(19-14)16(4)9-7-8-11-20-16/h5-11H2,1-4H3,(H,17,18,19). The Morgan fingerprint density at radius 2 is 2.05 bits per heavy atom. The van der Waals surface area contributed by atoms with Gasteiger partial charge in [-0.1, -0.05) is 13.8 Å². The molecule has 112 valence electrons. The number of aromatic nitrogens is 2. The van der Waals surface area contributed by atoms with Crippen molar-refractivity contribution in [3.63, 3.8) is 0 Å². The van der Waals surface area contributed by atoms with Crippen LogP contribution in [0.15, 0.2) is 0 Å². The molecule has 1 saturated heterocycles. The summed E-state index contributed by atoms with van der Waals surface area (Å²) >= 11 is 0. The van der Waals surface area contributed by atoms with E-state index in [0.29, 0.717) is 0 Å². The van der Waals surface area contributed by atoms with Gasteiger partial charge in [-0.05, 0) is 46.0 Å². The van der Waals surface area contributed by atoms with E-state index in [1.54, 1.807) is 0 Å². The molecular weight excluding hydrogens is 250 g/mol. The fraction of sp³-hybridized carbons (Fsp3) is 0.750. The average molecular weight is 277 g/mol. The van der Waals surface area contributed by atoms with Crippen LogP contribution >= 0.6 is 0 Å². The van der Waals surface area contributed by atoms with Gasteiger partial charge in [-0.2, -0.15) is 0 Å². The first kappa shape index (κ1) is 15.2. The lowest BCUT2D eigenvalue weighted by atomic mass is 9.94. The van der Waals surface area contributed by atoms with Crippen LogP contribution in [0.4, 0.5) is 5.82 Å². The van der Waals surface area contributed by atoms with Crippen LogP contribution in [0, 0.1) is 6.92 Å². The van der Waals surface area contributed by atoms with Gasteiger partial charge < -0.3 is 10.1 Å². The largest absolute Gasteiger partial charge is 0.370 e. The number of anilines is 1. The first-order chi connectivity index (χ1) is 9.60. The summed E-state index contributed by atoms with van der Waals surface area (Å²) in [6.07, 6.45) is 5.38. The molecule has 2 heterocycles. The molecule has 4 nitrogen and oxygen atoms in total. The van der Waals surface area contributed by atoms with Crippen LogP contribution in [0.25, 0.3) is 0 Å². The highest BCUT2D eigenvalue weighted by Crippen LogP contribution is 2.34. The molecule has 1 atom stereocenters. The van der Waals surface area contributed by atoms with Crippen molar-refractivity contribution >= 4 is 5.82 Å². The molecule has 20 heavy (non-hydrogen) atoms. The normalized spacial score (nSPS) is 22.8. The van der Waals surface area contributed by atoms with Crippen LogP contribution in [0.3, 0.4) is 0 Å². The van der Waals surface area contributed by atoms with Crippen LogP contribution in [-0.4, -0.2) is 23.1 Å². The number of hydrogen-bond acceptors (Lipinski definition) is 4. The molecule has 0 bridgehead atoms. The van der Waals surface area contributed by atoms with Crippen molar-refractivity contribution in [2.45, 2.75) is 65.4 Å². The maximum absolute atomic E-state index is 5.99. The lowest BCUT2D eigenvalue weighted by Crippen LogP contribution is -2.33. The van der Waals surface area contributed by atoms with Gasteiger partial charge in [0.25, 0.3) is 0 Å². The zero-order valence-corrected chi connectivity index (χ0v) is 13.3. The van der Waals surface area contributed by atoms with Crippen molar-refractivity contribution in [1.82, 2.24) is 9.97 Å². The van der Waals surface area contributed by atoms with E-state index in [-0.39, 0.29) is 5.60 Å². The van der Waals surface area contributed by atoms with E-state index >= 15 is 0 Å². The molecule has 1 aromatic rings. The van der Waals surface area contributed by atoms with Gasteiger partial charge in [-0.15, -0.1) is 0 Å². The highest BCUT2D eigenvalue weighted by Gasteiger charge is 2.33. The predicted octanol–water partition coefficient (Wildman–Crippen LogP) is 3.59. The number of aryl methyl sites for hydroxylation is 1. The van der Waals surface area contributed by atoms with Gasteiger partial charge in [-0.3, -0.25) is 0 Å². The third-order valence-electron chi connectivity index (χ3n) is 4.05. The Morgan fingerprint density at radius 1 is 1.25 bits per heavy atom. The summed E-state index contributed by atoms with van der Waals surface area (Å²) in [5.41, 5.74) is 1.98. The summed E-state index contributed by atoms with van der Waals surface area (Å²) in [7, 11) is 0. The van der Waals surface area contributed by atoms with Crippen LogP contribution in [-0.2, 0) is 16.8 Å². The maximum atomic E-state index is 5.99. The second kappa shape index (κ2) is 6.53. The van der Waals surface area contributed by atoms with Crippen molar-refractivity contribution in [2.75, 3.05) is 18.5 Å². The van der Waals surface area contributed by atoms with E-state index in [1.807, 2.05) is 0 Å². The monoisotopic (exact) mass is 277 g/mol. The zero-order chi connectivity index (χ0) is 14.6. The lowest BCUT2D eigenvalue weighted by Gasteiger charge is -2.33. The van der Waals surface area contributed by atoms with Crippen LogP contribution in [0.5, 0.6) is 0 Å². The van der Waals surface area contributed by atoms with Gasteiger partial charge in [0.1, 0.15) is 11.4 Å². The summed E-state index contributed by atoms with van der Waals surface area (Å²) in [5.74, 6) is 1.83. The Labute approximate surface area is 122 Å². The number of ether oxygens (including phenoxy) is 1. The summed E-state index contributed by atoms with van der Waals surface area (Å²) in [4.78, 5) is 9.52. The fourth-order valence-electron chi connectivity index (χ4n) is 2.76. The summed E-state index contributed by atoms with van der Waals surface area (Å²) in [6, 6.07) is 0. The Kier molecular flexibility index (Phi) is 4.97. The highest BCUT2D eigenvalue weighted by atomic mass is 16.5. The molecule has 1 aliphatic heterocycles. The van der Waals surface area contributed by atoms with Crippen molar-refractivity contribution in [3.8, 4) is 0 Å². The lowest BCUT2D eigenvalue weighted by molar-refractivity contribution is -0.0760. The van der Waals surface area contributed by atoms with Crippen molar-refractivity contribution in [3.05, 3.63) is 17.1 Å². The molecule has 1 fully saturated rings. The van der Waals surface area contributed by atoms with Gasteiger partial charge in [-0.25, -0.2) is 9.97 Å². The molecule has 4 heteroatoms. The molecule has 1 aromatic heterocycles. The van der Waals surface area contributed by atoms with Crippen molar-refractivity contribution < 1.29 is 4.74 Å². The molecule has 1 N–H and O–H groups in total. The van der Waals surface area contributed by atoms with E-state index in [9.17, 15) is 0 Å². The van der Waals surface area contributed by atoms with Crippen LogP contribution in [0.1, 0.15) is 63.5 Å². The molecule has 1 aliphatic rings. The Morgan fingerprint density at radius 3 is 2.65 bits per heavy atom. The second-order valence-corrected chi connectivity index (χ2v) is 5.78. The predicted molar refractivity (Wildman–Crippen MR) is 82.1 cm³/mol. The minimum Gasteiger partial charge on any atom is -0.370 e. The van der Waals surface area contributed by atoms with E-state index in [4.69, 9.17) is 14.7 Å². The third-order valence-corrected chi connectivity index (χ3v) is 4.05. The quantitative estimate of drug-likeness (QED) is 0.893. The van der Waals surface area contributed by atoms with Gasteiger partial charge >= 0.3 is 0 Å². The molecule has 0 saturated carbocycles. The summed E-state index contributed by atoms with van der Waals surface area (Å²) in [5, 5.41) is 3.44. The van der Waals surface area contributed by atoms with E-state index in [0.717, 1.165) is 56.2 Å². The van der Waals surface area contributed by atoms with Gasteiger partial charge in [0, 0.05) is 24.4 Å². The van der Waals surface area contributed by atoms with Gasteiger partial charge in [0.2, 0.25) is 0 Å². The molecule has 0 radical (unpaired) electrons. The molecule has 0 aliphatic carbocycles. The highest BCUT2D eigenvalue weighted by molar-refractivity contribution is 5.47. The zero-order valence-electron chi connectivity index (χ0n) is 13.3. The van der Waals surface area contributed by atoms with Gasteiger partial charge in [0.05, 0.1) is 0 Å². The Bertz CT molecular complexity index is 453. The van der Waals surface area contributed by atoms with Crippen LogP contribution in [0.2, 0.25) is 0 Å². The first-order valence-corrected chi connectivity index (χ1v) is 7.86. The van der Waals surface area contributed by atoms with Gasteiger partial charge in [0.15, 0.2) is 5.82 Å². The fourth-order valence-corrected chi connectivity index (χ4v) is 2.76. The van der Waals surface area contributed by atoms with E-state index in [1.165, 1.54) is 12.0 Å². The number of hydrogen-bond donors (Lipinski definition) is 1. The first-order valence-electron chi connectivity index (χ1n) is 7.86. The van der Waals surface area contributed by atoms with Crippen molar-refractivity contribution in [2.24, 2.45) is 0 Å². The average Bonchev–Trinajstić information content (AvgIpc) is 2.45. The second-order valence-electron chi connectivity index (χ2n) is 5.78. The number of rotatable bonds is 5. The molecule has 0 spiro atoms. The molecule has 0 aromatic carbocycles. The van der Waals surface area contributed by atoms with Crippen molar-refractivity contribution in [1.29, 1.82) is 0 Å². The SMILES string of the molecule is CCCNc1nc(C2(C)CCCCO2)nc(C)c1CC. The minimum atomic E-state index is -0.322. The summed E-state index contributed by atoms with van der Waals surface area (Å²) < 4.78 is 5.99. The Hall–Kier alpha value is -1.16.